The summed E-state index contributed by atoms with van der Waals surface area (Å²) in [6.07, 6.45) is 0. The Morgan fingerprint density at radius 3 is 2.50 bits per heavy atom. The van der Waals surface area contributed by atoms with Crippen LogP contribution in [-0.4, -0.2) is 12.5 Å². The molecule has 0 aromatic heterocycles. The van der Waals surface area contributed by atoms with E-state index in [0.717, 1.165) is 12.1 Å². The second-order valence-corrected chi connectivity index (χ2v) is 4.51. The molecule has 0 aliphatic rings. The molecule has 0 aliphatic carbocycles. The third kappa shape index (κ3) is 4.23. The first kappa shape index (κ1) is 16.8. The Balaban J connectivity index is 0.00000289. The van der Waals surface area contributed by atoms with E-state index in [1.54, 1.807) is 13.8 Å². The number of hydrogen-bond acceptors (Lipinski definition) is 2. The summed E-state index contributed by atoms with van der Waals surface area (Å²) >= 11 is 0. The van der Waals surface area contributed by atoms with Crippen LogP contribution in [0.4, 0.5) is 8.78 Å². The van der Waals surface area contributed by atoms with Crippen LogP contribution in [0.2, 0.25) is 0 Å². The van der Waals surface area contributed by atoms with Crippen LogP contribution in [-0.2, 0) is 11.3 Å². The van der Waals surface area contributed by atoms with E-state index in [9.17, 15) is 13.6 Å². The number of nitrogens with two attached hydrogens (primary N) is 1. The lowest BCUT2D eigenvalue weighted by Gasteiger charge is -2.21. The zero-order chi connectivity index (χ0) is 13.1. The van der Waals surface area contributed by atoms with Crippen molar-refractivity contribution in [1.29, 1.82) is 0 Å². The molecule has 6 heteroatoms. The van der Waals surface area contributed by atoms with E-state index in [1.165, 1.54) is 6.07 Å². The maximum absolute atomic E-state index is 13.3. The van der Waals surface area contributed by atoms with Gasteiger partial charge < -0.3 is 11.1 Å². The van der Waals surface area contributed by atoms with Crippen molar-refractivity contribution in [3.05, 3.63) is 35.4 Å². The predicted molar refractivity (Wildman–Crippen MR) is 68.3 cm³/mol. The Morgan fingerprint density at radius 1 is 1.39 bits per heavy atom. The van der Waals surface area contributed by atoms with Gasteiger partial charge in [-0.3, -0.25) is 4.79 Å². The number of hydrogen-bond donors (Lipinski definition) is 2. The van der Waals surface area contributed by atoms with Crippen LogP contribution in [0.15, 0.2) is 18.2 Å². The van der Waals surface area contributed by atoms with Crippen LogP contribution in [0, 0.1) is 17.0 Å². The van der Waals surface area contributed by atoms with Crippen molar-refractivity contribution in [2.24, 2.45) is 11.1 Å². The third-order valence-electron chi connectivity index (χ3n) is 2.58. The number of rotatable bonds is 4. The summed E-state index contributed by atoms with van der Waals surface area (Å²) in [4.78, 5) is 11.7. The number of carbonyl (C=O) groups is 1. The summed E-state index contributed by atoms with van der Waals surface area (Å²) in [6.45, 7) is 3.62. The lowest BCUT2D eigenvalue weighted by atomic mass is 9.92. The van der Waals surface area contributed by atoms with Crippen LogP contribution in [0.1, 0.15) is 19.4 Å². The summed E-state index contributed by atoms with van der Waals surface area (Å²) < 4.78 is 25.9. The van der Waals surface area contributed by atoms with Crippen LogP contribution >= 0.6 is 12.4 Å². The van der Waals surface area contributed by atoms with Gasteiger partial charge in [0.1, 0.15) is 11.6 Å². The molecule has 0 heterocycles. The number of carbonyl (C=O) groups excluding carboxylic acids is 1. The Morgan fingerprint density at radius 2 is 2.00 bits per heavy atom. The van der Waals surface area contributed by atoms with Gasteiger partial charge in [0.2, 0.25) is 5.91 Å². The summed E-state index contributed by atoms with van der Waals surface area (Å²) in [6, 6.07) is 3.24. The topological polar surface area (TPSA) is 55.1 Å². The van der Waals surface area contributed by atoms with E-state index in [0.29, 0.717) is 0 Å². The third-order valence-corrected chi connectivity index (χ3v) is 2.58. The first-order chi connectivity index (χ1) is 7.86. The Bertz CT molecular complexity index is 425. The van der Waals surface area contributed by atoms with Crippen molar-refractivity contribution in [3.8, 4) is 0 Å². The average Bonchev–Trinajstić information content (AvgIpc) is 2.27. The molecule has 0 unspecified atom stereocenters. The monoisotopic (exact) mass is 278 g/mol. The predicted octanol–water partition coefficient (Wildman–Crippen LogP) is 1.99. The standard InChI is InChI=1S/C12H16F2N2O.ClH/c1-12(2,7-15)11(17)16-6-8-3-4-9(13)5-10(8)14;/h3-5H,6-7,15H2,1-2H3,(H,16,17);1H. The van der Waals surface area contributed by atoms with Gasteiger partial charge in [0.15, 0.2) is 0 Å². The smallest absolute Gasteiger partial charge is 0.227 e. The maximum atomic E-state index is 13.3. The van der Waals surface area contributed by atoms with Gasteiger partial charge in [-0.15, -0.1) is 12.4 Å². The number of amides is 1. The minimum absolute atomic E-state index is 0. The Kier molecular flexibility index (Phi) is 6.21. The summed E-state index contributed by atoms with van der Waals surface area (Å²) in [7, 11) is 0. The fraction of sp³-hybridized carbons (Fsp3) is 0.417. The molecule has 1 rings (SSSR count). The molecule has 0 radical (unpaired) electrons. The van der Waals surface area contributed by atoms with E-state index in [1.807, 2.05) is 0 Å². The molecule has 0 bridgehead atoms. The molecule has 0 saturated carbocycles. The molecule has 1 amide bonds. The summed E-state index contributed by atoms with van der Waals surface area (Å²) in [5.41, 5.74) is 4.99. The van der Waals surface area contributed by atoms with E-state index in [2.05, 4.69) is 5.32 Å². The molecular weight excluding hydrogens is 262 g/mol. The summed E-state index contributed by atoms with van der Waals surface area (Å²) in [5.74, 6) is -1.57. The van der Waals surface area contributed by atoms with Gasteiger partial charge in [-0.05, 0) is 19.9 Å². The van der Waals surface area contributed by atoms with E-state index in [-0.39, 0.29) is 37.0 Å². The van der Waals surface area contributed by atoms with Gasteiger partial charge in [0.05, 0.1) is 5.41 Å². The number of nitrogens with one attached hydrogen (secondary N) is 1. The molecule has 1 aromatic carbocycles. The quantitative estimate of drug-likeness (QED) is 0.885. The van der Waals surface area contributed by atoms with Gasteiger partial charge in [0, 0.05) is 24.7 Å². The highest BCUT2D eigenvalue weighted by molar-refractivity contribution is 5.85. The van der Waals surface area contributed by atoms with Crippen LogP contribution in [0.3, 0.4) is 0 Å². The second kappa shape index (κ2) is 6.66. The molecule has 3 nitrogen and oxygen atoms in total. The van der Waals surface area contributed by atoms with Gasteiger partial charge in [-0.1, -0.05) is 6.07 Å². The summed E-state index contributed by atoms with van der Waals surface area (Å²) in [5, 5.41) is 2.57. The number of benzene rings is 1. The molecule has 0 spiro atoms. The fourth-order valence-corrected chi connectivity index (χ4v) is 1.17. The maximum Gasteiger partial charge on any atom is 0.227 e. The normalized spacial score (nSPS) is 10.7. The molecule has 0 fully saturated rings. The molecule has 3 N–H and O–H groups in total. The molecule has 0 aliphatic heterocycles. The number of halogens is 3. The molecule has 102 valence electrons. The lowest BCUT2D eigenvalue weighted by molar-refractivity contribution is -0.129. The van der Waals surface area contributed by atoms with Crippen molar-refractivity contribution in [1.82, 2.24) is 5.32 Å². The highest BCUT2D eigenvalue weighted by Crippen LogP contribution is 2.14. The van der Waals surface area contributed by atoms with Gasteiger partial charge in [0.25, 0.3) is 0 Å². The molecule has 0 saturated heterocycles. The van der Waals surface area contributed by atoms with E-state index < -0.39 is 17.0 Å². The minimum Gasteiger partial charge on any atom is -0.351 e. The van der Waals surface area contributed by atoms with Gasteiger partial charge in [-0.25, -0.2) is 8.78 Å². The van der Waals surface area contributed by atoms with E-state index >= 15 is 0 Å². The van der Waals surface area contributed by atoms with Crippen LogP contribution in [0.25, 0.3) is 0 Å². The zero-order valence-corrected chi connectivity index (χ0v) is 11.1. The van der Waals surface area contributed by atoms with Crippen LogP contribution in [0.5, 0.6) is 0 Å². The molecule has 0 atom stereocenters. The van der Waals surface area contributed by atoms with E-state index in [4.69, 9.17) is 5.73 Å². The first-order valence-electron chi connectivity index (χ1n) is 5.29. The Labute approximate surface area is 111 Å². The average molecular weight is 279 g/mol. The second-order valence-electron chi connectivity index (χ2n) is 4.51. The van der Waals surface area contributed by atoms with Crippen molar-refractivity contribution in [3.63, 3.8) is 0 Å². The van der Waals surface area contributed by atoms with Gasteiger partial charge >= 0.3 is 0 Å². The zero-order valence-electron chi connectivity index (χ0n) is 10.3. The molecule has 18 heavy (non-hydrogen) atoms. The highest BCUT2D eigenvalue weighted by atomic mass is 35.5. The highest BCUT2D eigenvalue weighted by Gasteiger charge is 2.25. The van der Waals surface area contributed by atoms with Crippen molar-refractivity contribution >= 4 is 18.3 Å². The molecule has 1 aromatic rings. The lowest BCUT2D eigenvalue weighted by Crippen LogP contribution is -2.41. The van der Waals surface area contributed by atoms with Crippen molar-refractivity contribution in [2.45, 2.75) is 20.4 Å². The van der Waals surface area contributed by atoms with Crippen LogP contribution < -0.4 is 11.1 Å². The largest absolute Gasteiger partial charge is 0.351 e. The van der Waals surface area contributed by atoms with Gasteiger partial charge in [-0.2, -0.15) is 0 Å². The fourth-order valence-electron chi connectivity index (χ4n) is 1.17. The first-order valence-corrected chi connectivity index (χ1v) is 5.29. The van der Waals surface area contributed by atoms with Crippen molar-refractivity contribution < 1.29 is 13.6 Å². The Hall–Kier alpha value is -1.20. The minimum atomic E-state index is -0.698. The SMILES string of the molecule is CC(C)(CN)C(=O)NCc1ccc(F)cc1F.Cl. The molecular formula is C12H17ClF2N2O. The van der Waals surface area contributed by atoms with Crippen molar-refractivity contribution in [2.75, 3.05) is 6.54 Å².